The maximum atomic E-state index is 12.7. The van der Waals surface area contributed by atoms with E-state index in [4.69, 9.17) is 0 Å². The molecule has 0 saturated heterocycles. The molecule has 0 saturated carbocycles. The van der Waals surface area contributed by atoms with Gasteiger partial charge in [0.2, 0.25) is 0 Å². The first-order valence-electron chi connectivity index (χ1n) is 5.38. The van der Waals surface area contributed by atoms with Gasteiger partial charge >= 0.3 is 0 Å². The number of hydrogen-bond donors (Lipinski definition) is 0. The van der Waals surface area contributed by atoms with Gasteiger partial charge in [0.15, 0.2) is 5.65 Å². The fourth-order valence-corrected chi connectivity index (χ4v) is 1.57. The van der Waals surface area contributed by atoms with E-state index in [9.17, 15) is 4.39 Å². The van der Waals surface area contributed by atoms with Crippen LogP contribution in [0.4, 0.5) is 4.39 Å². The normalized spacial score (nSPS) is 10.1. The summed E-state index contributed by atoms with van der Waals surface area (Å²) in [6.07, 6.45) is 3.30. The van der Waals surface area contributed by atoms with Gasteiger partial charge < -0.3 is 0 Å². The van der Waals surface area contributed by atoms with Crippen molar-refractivity contribution in [1.82, 2.24) is 14.6 Å². The quantitative estimate of drug-likeness (QED) is 0.561. The van der Waals surface area contributed by atoms with Gasteiger partial charge in [-0.25, -0.2) is 13.9 Å². The number of rotatable bonds is 0. The molecule has 0 aliphatic rings. The molecule has 3 nitrogen and oxygen atoms in total. The molecule has 0 radical (unpaired) electrons. The molecule has 1 aromatic carbocycles. The van der Waals surface area contributed by atoms with Crippen LogP contribution in [0.15, 0.2) is 48.9 Å². The van der Waals surface area contributed by atoms with Crippen LogP contribution in [0, 0.1) is 17.7 Å². The van der Waals surface area contributed by atoms with Crippen molar-refractivity contribution >= 4 is 5.65 Å². The monoisotopic (exact) mass is 237 g/mol. The molecule has 0 aliphatic heterocycles. The first-order chi connectivity index (χ1) is 8.81. The van der Waals surface area contributed by atoms with Crippen LogP contribution in [0.1, 0.15) is 11.1 Å². The Morgan fingerprint density at radius 1 is 0.944 bits per heavy atom. The SMILES string of the molecule is Fc1ccc(C#Cc2ccc3ncnn3c2)cc1. The summed E-state index contributed by atoms with van der Waals surface area (Å²) in [5.74, 6) is 5.71. The zero-order chi connectivity index (χ0) is 12.4. The average molecular weight is 237 g/mol. The van der Waals surface area contributed by atoms with Crippen molar-refractivity contribution in [1.29, 1.82) is 0 Å². The molecule has 3 rings (SSSR count). The number of pyridine rings is 1. The molecular formula is C14H8FN3. The van der Waals surface area contributed by atoms with Gasteiger partial charge in [0.1, 0.15) is 12.1 Å². The lowest BCUT2D eigenvalue weighted by Gasteiger charge is -1.93. The van der Waals surface area contributed by atoms with Gasteiger partial charge in [-0.3, -0.25) is 0 Å². The maximum Gasteiger partial charge on any atom is 0.155 e. The Kier molecular flexibility index (Phi) is 2.50. The Morgan fingerprint density at radius 2 is 1.67 bits per heavy atom. The minimum Gasteiger partial charge on any atom is -0.220 e. The van der Waals surface area contributed by atoms with E-state index >= 15 is 0 Å². The van der Waals surface area contributed by atoms with Crippen molar-refractivity contribution in [2.75, 3.05) is 0 Å². The van der Waals surface area contributed by atoms with Crippen LogP contribution >= 0.6 is 0 Å². The van der Waals surface area contributed by atoms with Crippen LogP contribution in [-0.4, -0.2) is 14.6 Å². The third kappa shape index (κ3) is 2.06. The van der Waals surface area contributed by atoms with Gasteiger partial charge in [-0.1, -0.05) is 11.8 Å². The number of benzene rings is 1. The topological polar surface area (TPSA) is 30.2 Å². The van der Waals surface area contributed by atoms with Gasteiger partial charge in [-0.2, -0.15) is 5.10 Å². The number of aromatic nitrogens is 3. The molecule has 2 heterocycles. The first kappa shape index (κ1) is 10.5. The zero-order valence-corrected chi connectivity index (χ0v) is 9.34. The lowest BCUT2D eigenvalue weighted by molar-refractivity contribution is 0.627. The molecule has 0 amide bonds. The van der Waals surface area contributed by atoms with Gasteiger partial charge in [0, 0.05) is 17.3 Å². The Hall–Kier alpha value is -2.67. The predicted molar refractivity (Wildman–Crippen MR) is 65.4 cm³/mol. The van der Waals surface area contributed by atoms with E-state index in [1.807, 2.05) is 12.1 Å². The van der Waals surface area contributed by atoms with Crippen molar-refractivity contribution < 1.29 is 4.39 Å². The van der Waals surface area contributed by atoms with E-state index in [0.717, 1.165) is 16.8 Å². The van der Waals surface area contributed by atoms with Crippen LogP contribution in [0.3, 0.4) is 0 Å². The zero-order valence-electron chi connectivity index (χ0n) is 9.34. The van der Waals surface area contributed by atoms with E-state index < -0.39 is 0 Å². The highest BCUT2D eigenvalue weighted by molar-refractivity contribution is 5.46. The van der Waals surface area contributed by atoms with E-state index in [1.165, 1.54) is 18.5 Å². The first-order valence-corrected chi connectivity index (χ1v) is 5.38. The Morgan fingerprint density at radius 3 is 2.50 bits per heavy atom. The van der Waals surface area contributed by atoms with E-state index in [1.54, 1.807) is 22.8 Å². The van der Waals surface area contributed by atoms with Gasteiger partial charge in [0.25, 0.3) is 0 Å². The largest absolute Gasteiger partial charge is 0.220 e. The second-order valence-corrected chi connectivity index (χ2v) is 3.74. The van der Waals surface area contributed by atoms with Crippen LogP contribution in [-0.2, 0) is 0 Å². The van der Waals surface area contributed by atoms with E-state index in [0.29, 0.717) is 0 Å². The van der Waals surface area contributed by atoms with Crippen molar-refractivity contribution in [3.8, 4) is 11.8 Å². The molecule has 0 spiro atoms. The highest BCUT2D eigenvalue weighted by Crippen LogP contribution is 2.03. The van der Waals surface area contributed by atoms with Crippen molar-refractivity contribution in [3.05, 3.63) is 65.9 Å². The van der Waals surface area contributed by atoms with Gasteiger partial charge in [-0.15, -0.1) is 0 Å². The van der Waals surface area contributed by atoms with Crippen LogP contribution in [0.2, 0.25) is 0 Å². The summed E-state index contributed by atoms with van der Waals surface area (Å²) < 4.78 is 14.4. The number of halogens is 1. The molecule has 0 bridgehead atoms. The lowest BCUT2D eigenvalue weighted by atomic mass is 10.2. The molecule has 4 heteroatoms. The maximum absolute atomic E-state index is 12.7. The Balaban J connectivity index is 1.94. The summed E-state index contributed by atoms with van der Waals surface area (Å²) in [6, 6.07) is 9.81. The molecule has 0 aliphatic carbocycles. The number of hydrogen-bond acceptors (Lipinski definition) is 2. The molecule has 0 fully saturated rings. The predicted octanol–water partition coefficient (Wildman–Crippen LogP) is 2.27. The standard InChI is InChI=1S/C14H8FN3/c15-13-6-3-11(4-7-13)1-2-12-5-8-14-16-10-17-18(14)9-12/h3-10H. The van der Waals surface area contributed by atoms with Crippen LogP contribution in [0.5, 0.6) is 0 Å². The minimum absolute atomic E-state index is 0.260. The van der Waals surface area contributed by atoms with Gasteiger partial charge in [-0.05, 0) is 36.4 Å². The fourth-order valence-electron chi connectivity index (χ4n) is 1.57. The number of fused-ring (bicyclic) bond motifs is 1. The molecular weight excluding hydrogens is 229 g/mol. The van der Waals surface area contributed by atoms with Crippen LogP contribution in [0.25, 0.3) is 5.65 Å². The second-order valence-electron chi connectivity index (χ2n) is 3.74. The molecule has 0 N–H and O–H groups in total. The van der Waals surface area contributed by atoms with Crippen molar-refractivity contribution in [2.24, 2.45) is 0 Å². The third-order valence-electron chi connectivity index (χ3n) is 2.47. The smallest absolute Gasteiger partial charge is 0.155 e. The summed E-state index contributed by atoms with van der Waals surface area (Å²) in [6.45, 7) is 0. The molecule has 0 atom stereocenters. The Bertz CT molecular complexity index is 748. The average Bonchev–Trinajstić information content (AvgIpc) is 2.85. The van der Waals surface area contributed by atoms with E-state index in [-0.39, 0.29) is 5.82 Å². The summed E-state index contributed by atoms with van der Waals surface area (Å²) in [4.78, 5) is 4.05. The molecule has 18 heavy (non-hydrogen) atoms. The molecule has 2 aromatic heterocycles. The summed E-state index contributed by atoms with van der Waals surface area (Å²) in [5, 5.41) is 4.03. The van der Waals surface area contributed by atoms with Crippen molar-refractivity contribution in [2.45, 2.75) is 0 Å². The third-order valence-corrected chi connectivity index (χ3v) is 2.47. The highest BCUT2D eigenvalue weighted by atomic mass is 19.1. The summed E-state index contributed by atoms with van der Waals surface area (Å²) in [5.41, 5.74) is 2.38. The molecule has 3 aromatic rings. The number of nitrogens with zero attached hydrogens (tertiary/aromatic N) is 3. The van der Waals surface area contributed by atoms with Crippen LogP contribution < -0.4 is 0 Å². The Labute approximate surface area is 103 Å². The summed E-state index contributed by atoms with van der Waals surface area (Å²) in [7, 11) is 0. The molecule has 86 valence electrons. The minimum atomic E-state index is -0.260. The van der Waals surface area contributed by atoms with E-state index in [2.05, 4.69) is 21.9 Å². The van der Waals surface area contributed by atoms with Crippen molar-refractivity contribution in [3.63, 3.8) is 0 Å². The lowest BCUT2D eigenvalue weighted by Crippen LogP contribution is -1.88. The molecule has 0 unspecified atom stereocenters. The fraction of sp³-hybridized carbons (Fsp3) is 0. The highest BCUT2D eigenvalue weighted by Gasteiger charge is 1.94. The van der Waals surface area contributed by atoms with Gasteiger partial charge in [0.05, 0.1) is 0 Å². The summed E-state index contributed by atoms with van der Waals surface area (Å²) >= 11 is 0. The second kappa shape index (κ2) is 4.30.